The summed E-state index contributed by atoms with van der Waals surface area (Å²) in [5, 5.41) is 38.4. The zero-order chi connectivity index (χ0) is 23.0. The molecule has 164 valence electrons. The van der Waals surface area contributed by atoms with Crippen molar-refractivity contribution in [1.29, 1.82) is 0 Å². The lowest BCUT2D eigenvalue weighted by Gasteiger charge is -2.23. The van der Waals surface area contributed by atoms with E-state index >= 15 is 0 Å². The van der Waals surface area contributed by atoms with Crippen LogP contribution in [-0.2, 0) is 19.9 Å². The van der Waals surface area contributed by atoms with E-state index in [0.717, 1.165) is 29.6 Å². The quantitative estimate of drug-likeness (QED) is 0.293. The summed E-state index contributed by atoms with van der Waals surface area (Å²) >= 11 is 0.600. The van der Waals surface area contributed by atoms with Crippen LogP contribution in [0.15, 0.2) is 74.0 Å². The third-order valence-electron chi connectivity index (χ3n) is 4.15. The maximum atomic E-state index is 12.7. The lowest BCUT2D eigenvalue weighted by atomic mass is 9.71. The van der Waals surface area contributed by atoms with Gasteiger partial charge in [0.2, 0.25) is 9.84 Å². The number of thiophene rings is 1. The fraction of sp³-hybridized carbons (Fsp3) is 0. The summed E-state index contributed by atoms with van der Waals surface area (Å²) < 4.78 is 52.4. The largest absolute Gasteiger partial charge is 0.556 e. The molecule has 5 N–H and O–H groups in total. The number of sulfone groups is 1. The molecular formula is C17H15BNO9S3-. The molecule has 2 aromatic carbocycles. The molecule has 0 aliphatic rings. The minimum atomic E-state index is -4.45. The molecule has 0 fully saturated rings. The second-order valence-electron chi connectivity index (χ2n) is 6.37. The van der Waals surface area contributed by atoms with E-state index in [9.17, 15) is 41.8 Å². The molecule has 0 saturated carbocycles. The van der Waals surface area contributed by atoms with Gasteiger partial charge in [-0.05, 0) is 24.3 Å². The molecule has 0 aliphatic heterocycles. The van der Waals surface area contributed by atoms with Crippen molar-refractivity contribution in [2.24, 2.45) is 0 Å². The Hall–Kier alpha value is -2.75. The van der Waals surface area contributed by atoms with Crippen molar-refractivity contribution in [3.05, 3.63) is 65.5 Å². The summed E-state index contributed by atoms with van der Waals surface area (Å²) in [6.07, 6.45) is 0. The minimum absolute atomic E-state index is 0.0296. The van der Waals surface area contributed by atoms with Crippen molar-refractivity contribution < 1.29 is 41.8 Å². The summed E-state index contributed by atoms with van der Waals surface area (Å²) in [7, 11) is -8.42. The van der Waals surface area contributed by atoms with E-state index in [1.54, 1.807) is 6.07 Å². The highest BCUT2D eigenvalue weighted by molar-refractivity contribution is 7.95. The number of benzene rings is 2. The van der Waals surface area contributed by atoms with Crippen molar-refractivity contribution in [2.45, 2.75) is 14.0 Å². The first-order valence-corrected chi connectivity index (χ1v) is 12.3. The third-order valence-corrected chi connectivity index (χ3v) is 8.85. The molecule has 1 heterocycles. The topological polar surface area (TPSA) is 178 Å². The zero-order valence-electron chi connectivity index (χ0n) is 15.4. The lowest BCUT2D eigenvalue weighted by Crippen LogP contribution is -2.48. The number of carboxylic acid groups (broad SMARTS) is 1. The van der Waals surface area contributed by atoms with Gasteiger partial charge in [-0.25, -0.2) is 21.6 Å². The van der Waals surface area contributed by atoms with Gasteiger partial charge in [0.25, 0.3) is 10.0 Å². The van der Waals surface area contributed by atoms with Gasteiger partial charge in [-0.2, -0.15) is 0 Å². The Morgan fingerprint density at radius 3 is 2.13 bits per heavy atom. The van der Waals surface area contributed by atoms with Crippen molar-refractivity contribution in [2.75, 3.05) is 4.72 Å². The summed E-state index contributed by atoms with van der Waals surface area (Å²) in [6.45, 7) is -4.01. The maximum Gasteiger partial charge on any atom is 0.402 e. The molecule has 31 heavy (non-hydrogen) atoms. The van der Waals surface area contributed by atoms with Gasteiger partial charge in [-0.1, -0.05) is 30.3 Å². The van der Waals surface area contributed by atoms with Crippen LogP contribution in [0.25, 0.3) is 0 Å². The molecule has 0 atom stereocenters. The Balaban J connectivity index is 2.00. The van der Waals surface area contributed by atoms with Crippen molar-refractivity contribution in [3.8, 4) is 0 Å². The fourth-order valence-corrected chi connectivity index (χ4v) is 6.56. The minimum Gasteiger partial charge on any atom is -0.556 e. The van der Waals surface area contributed by atoms with Gasteiger partial charge in [-0.15, -0.1) is 16.8 Å². The van der Waals surface area contributed by atoms with E-state index in [1.807, 2.05) is 4.72 Å². The number of hydrogen-bond acceptors (Lipinski definition) is 9. The van der Waals surface area contributed by atoms with Crippen LogP contribution in [0, 0.1) is 0 Å². The molecule has 0 amide bonds. The highest BCUT2D eigenvalue weighted by Crippen LogP contribution is 2.30. The van der Waals surface area contributed by atoms with Crippen LogP contribution in [0.2, 0.25) is 0 Å². The Morgan fingerprint density at radius 2 is 1.55 bits per heavy atom. The zero-order valence-corrected chi connectivity index (χ0v) is 17.9. The summed E-state index contributed by atoms with van der Waals surface area (Å²) in [5.74, 6) is -1.52. The summed E-state index contributed by atoms with van der Waals surface area (Å²) in [4.78, 5) is 11.1. The van der Waals surface area contributed by atoms with Crippen LogP contribution in [0.3, 0.4) is 0 Å². The predicted molar refractivity (Wildman–Crippen MR) is 112 cm³/mol. The number of rotatable bonds is 7. The number of hydrogen-bond donors (Lipinski definition) is 5. The molecule has 0 unspecified atom stereocenters. The molecule has 3 aromatic rings. The van der Waals surface area contributed by atoms with Crippen LogP contribution in [0.4, 0.5) is 5.69 Å². The number of aromatic carboxylic acids is 1. The normalized spacial score (nSPS) is 12.5. The average molecular weight is 484 g/mol. The first-order valence-electron chi connectivity index (χ1n) is 8.43. The van der Waals surface area contributed by atoms with E-state index < -0.39 is 53.5 Å². The summed E-state index contributed by atoms with van der Waals surface area (Å²) in [5.41, 5.74) is -1.60. The molecular weight excluding hydrogens is 469 g/mol. The molecule has 0 bridgehead atoms. The fourth-order valence-electron chi connectivity index (χ4n) is 2.59. The molecule has 0 aliphatic carbocycles. The molecule has 0 radical (unpaired) electrons. The molecule has 1 aromatic heterocycles. The van der Waals surface area contributed by atoms with Crippen LogP contribution < -0.4 is 10.2 Å². The predicted octanol–water partition coefficient (Wildman–Crippen LogP) is 0.203. The Kier molecular flexibility index (Phi) is 5.97. The average Bonchev–Trinajstić information content (AvgIpc) is 3.19. The van der Waals surface area contributed by atoms with Gasteiger partial charge in [0.05, 0.1) is 21.0 Å². The van der Waals surface area contributed by atoms with E-state index in [2.05, 4.69) is 0 Å². The Bertz CT molecular complexity index is 1340. The Labute approximate surface area is 181 Å². The second-order valence-corrected chi connectivity index (χ2v) is 11.1. The molecule has 0 spiro atoms. The molecule has 0 saturated heterocycles. The van der Waals surface area contributed by atoms with E-state index in [0.29, 0.717) is 11.3 Å². The standard InChI is InChI=1S/C17H15BNO9S3/c20-17(21)14-7-6-11(18(22,23)24)8-15(14)19-31(27,28)16-9-13(10-29-16)30(25,26)12-4-2-1-3-5-12/h1-10,19,22-24H,(H,20,21)/q-1. The van der Waals surface area contributed by atoms with Gasteiger partial charge in [0.15, 0.2) is 0 Å². The van der Waals surface area contributed by atoms with Gasteiger partial charge in [0.1, 0.15) is 4.21 Å². The molecule has 10 nitrogen and oxygen atoms in total. The SMILES string of the molecule is O=C(O)c1ccc([B-](O)(O)O)cc1NS(=O)(=O)c1cc(S(=O)(=O)c2ccccc2)cs1. The van der Waals surface area contributed by atoms with Crippen LogP contribution in [0.1, 0.15) is 10.4 Å². The highest BCUT2D eigenvalue weighted by atomic mass is 32.2. The van der Waals surface area contributed by atoms with Crippen molar-refractivity contribution in [1.82, 2.24) is 0 Å². The van der Waals surface area contributed by atoms with Crippen LogP contribution >= 0.6 is 11.3 Å². The Morgan fingerprint density at radius 1 is 0.903 bits per heavy atom. The number of sulfonamides is 1. The maximum absolute atomic E-state index is 12.7. The van der Waals surface area contributed by atoms with E-state index in [1.165, 1.54) is 24.3 Å². The lowest BCUT2D eigenvalue weighted by molar-refractivity contribution is 0.0698. The number of nitrogens with one attached hydrogen (secondary N) is 1. The van der Waals surface area contributed by atoms with Crippen LogP contribution in [0.5, 0.6) is 0 Å². The third kappa shape index (κ3) is 4.79. The van der Waals surface area contributed by atoms with E-state index in [4.69, 9.17) is 0 Å². The van der Waals surface area contributed by atoms with Gasteiger partial charge < -0.3 is 20.2 Å². The number of carbonyl (C=O) groups is 1. The van der Waals surface area contributed by atoms with Gasteiger partial charge >= 0.3 is 12.7 Å². The molecule has 14 heteroatoms. The first-order chi connectivity index (χ1) is 14.3. The van der Waals surface area contributed by atoms with Crippen molar-refractivity contribution >= 4 is 55.1 Å². The highest BCUT2D eigenvalue weighted by Gasteiger charge is 2.26. The van der Waals surface area contributed by atoms with Gasteiger partial charge in [-0.3, -0.25) is 4.72 Å². The first kappa shape index (κ1) is 22.9. The second kappa shape index (κ2) is 8.07. The number of anilines is 1. The van der Waals surface area contributed by atoms with Gasteiger partial charge in [0, 0.05) is 5.38 Å². The smallest absolute Gasteiger partial charge is 0.402 e. The summed E-state index contributed by atoms with van der Waals surface area (Å²) in [6, 6.07) is 10.9. The van der Waals surface area contributed by atoms with Crippen LogP contribution in [-0.4, -0.2) is 49.7 Å². The molecule has 3 rings (SSSR count). The van der Waals surface area contributed by atoms with Crippen molar-refractivity contribution in [3.63, 3.8) is 0 Å². The number of carboxylic acids is 1. The van der Waals surface area contributed by atoms with E-state index in [-0.39, 0.29) is 9.79 Å². The monoisotopic (exact) mass is 484 g/mol.